The van der Waals surface area contributed by atoms with Crippen LogP contribution in [-0.4, -0.2) is 34.2 Å². The van der Waals surface area contributed by atoms with Crippen LogP contribution in [0.15, 0.2) is 12.1 Å². The summed E-state index contributed by atoms with van der Waals surface area (Å²) in [4.78, 5) is 23.7. The van der Waals surface area contributed by atoms with Crippen molar-refractivity contribution in [1.82, 2.24) is 5.32 Å². The van der Waals surface area contributed by atoms with E-state index in [0.717, 1.165) is 0 Å². The molecule has 0 aliphatic heterocycles. The fourth-order valence-electron chi connectivity index (χ4n) is 2.21. The van der Waals surface area contributed by atoms with Crippen LogP contribution in [0.3, 0.4) is 0 Å². The first-order valence-electron chi connectivity index (χ1n) is 7.09. The third kappa shape index (κ3) is 3.82. The highest BCUT2D eigenvalue weighted by Crippen LogP contribution is 2.20. The van der Waals surface area contributed by atoms with Crippen LogP contribution in [0.5, 0.6) is 0 Å². The van der Waals surface area contributed by atoms with E-state index in [0.29, 0.717) is 24.0 Å². The summed E-state index contributed by atoms with van der Waals surface area (Å²) < 4.78 is 0. The van der Waals surface area contributed by atoms with E-state index in [1.165, 1.54) is 0 Å². The Hall–Kier alpha value is -1.88. The van der Waals surface area contributed by atoms with Crippen molar-refractivity contribution in [2.75, 3.05) is 6.54 Å². The summed E-state index contributed by atoms with van der Waals surface area (Å²) >= 11 is 0. The molecule has 3 N–H and O–H groups in total. The van der Waals surface area contributed by atoms with Crippen LogP contribution in [0.25, 0.3) is 0 Å². The molecule has 0 atom stereocenters. The number of benzene rings is 1. The zero-order valence-electron chi connectivity index (χ0n) is 13.0. The number of hydrogen-bond donors (Lipinski definition) is 3. The lowest BCUT2D eigenvalue weighted by Gasteiger charge is -2.25. The van der Waals surface area contributed by atoms with Gasteiger partial charge in [-0.2, -0.15) is 0 Å². The zero-order valence-corrected chi connectivity index (χ0v) is 13.0. The van der Waals surface area contributed by atoms with E-state index in [2.05, 4.69) is 5.32 Å². The SMILES string of the molecule is CCC(O)(CC)CNC(=O)c1c(C)ccc(C)c1C(=O)O. The number of carbonyl (C=O) groups excluding carboxylic acids is 1. The molecule has 0 aliphatic carbocycles. The Kier molecular flexibility index (Phi) is 5.49. The molecular weight excluding hydrogens is 270 g/mol. The lowest BCUT2D eigenvalue weighted by molar-refractivity contribution is 0.0313. The number of carbonyl (C=O) groups is 2. The van der Waals surface area contributed by atoms with Gasteiger partial charge in [0.15, 0.2) is 0 Å². The van der Waals surface area contributed by atoms with E-state index in [4.69, 9.17) is 0 Å². The van der Waals surface area contributed by atoms with Gasteiger partial charge in [0.1, 0.15) is 0 Å². The monoisotopic (exact) mass is 293 g/mol. The van der Waals surface area contributed by atoms with E-state index in [1.54, 1.807) is 26.0 Å². The fraction of sp³-hybridized carbons (Fsp3) is 0.500. The molecule has 5 nitrogen and oxygen atoms in total. The second-order valence-electron chi connectivity index (χ2n) is 5.37. The Balaban J connectivity index is 3.08. The Morgan fingerprint density at radius 3 is 2.00 bits per heavy atom. The normalized spacial score (nSPS) is 11.3. The van der Waals surface area contributed by atoms with E-state index in [1.807, 2.05) is 13.8 Å². The number of hydrogen-bond acceptors (Lipinski definition) is 3. The Morgan fingerprint density at radius 2 is 1.57 bits per heavy atom. The van der Waals surface area contributed by atoms with E-state index < -0.39 is 17.5 Å². The molecule has 0 bridgehead atoms. The molecule has 0 saturated carbocycles. The highest BCUT2D eigenvalue weighted by molar-refractivity contribution is 6.06. The van der Waals surface area contributed by atoms with Gasteiger partial charge in [-0.1, -0.05) is 26.0 Å². The highest BCUT2D eigenvalue weighted by Gasteiger charge is 2.26. The van der Waals surface area contributed by atoms with Crippen LogP contribution in [0.2, 0.25) is 0 Å². The lowest BCUT2D eigenvalue weighted by Crippen LogP contribution is -2.42. The van der Waals surface area contributed by atoms with Crippen molar-refractivity contribution in [1.29, 1.82) is 0 Å². The summed E-state index contributed by atoms with van der Waals surface area (Å²) in [5, 5.41) is 22.2. The topological polar surface area (TPSA) is 86.6 Å². The van der Waals surface area contributed by atoms with Crippen molar-refractivity contribution in [2.45, 2.75) is 46.1 Å². The molecule has 0 unspecified atom stereocenters. The molecule has 0 radical (unpaired) electrons. The largest absolute Gasteiger partial charge is 0.478 e. The lowest BCUT2D eigenvalue weighted by atomic mass is 9.95. The second-order valence-corrected chi connectivity index (χ2v) is 5.37. The average molecular weight is 293 g/mol. The van der Waals surface area contributed by atoms with Crippen LogP contribution in [-0.2, 0) is 0 Å². The number of aryl methyl sites for hydroxylation is 2. The zero-order chi connectivity index (χ0) is 16.2. The fourth-order valence-corrected chi connectivity index (χ4v) is 2.21. The van der Waals surface area contributed by atoms with Gasteiger partial charge in [0.05, 0.1) is 16.7 Å². The number of nitrogens with one attached hydrogen (secondary N) is 1. The molecule has 0 fully saturated rings. The van der Waals surface area contributed by atoms with Gasteiger partial charge >= 0.3 is 5.97 Å². The molecule has 0 aromatic heterocycles. The molecule has 1 aromatic rings. The van der Waals surface area contributed by atoms with Gasteiger partial charge in [0.2, 0.25) is 0 Å². The first-order chi connectivity index (χ1) is 9.75. The number of aliphatic hydroxyl groups is 1. The first-order valence-corrected chi connectivity index (χ1v) is 7.09. The molecule has 0 saturated heterocycles. The Labute approximate surface area is 125 Å². The maximum atomic E-state index is 12.3. The minimum atomic E-state index is -1.12. The molecule has 1 amide bonds. The summed E-state index contributed by atoms with van der Waals surface area (Å²) in [5.74, 6) is -1.59. The summed E-state index contributed by atoms with van der Waals surface area (Å²) in [5.41, 5.74) is 0.365. The van der Waals surface area contributed by atoms with Gasteiger partial charge in [0.25, 0.3) is 5.91 Å². The third-order valence-corrected chi connectivity index (χ3v) is 3.96. The molecular formula is C16H23NO4. The smallest absolute Gasteiger partial charge is 0.336 e. The van der Waals surface area contributed by atoms with Crippen LogP contribution in [0.4, 0.5) is 0 Å². The Bertz CT molecular complexity index is 547. The molecule has 1 aromatic carbocycles. The van der Waals surface area contributed by atoms with Gasteiger partial charge in [0, 0.05) is 6.54 Å². The summed E-state index contributed by atoms with van der Waals surface area (Å²) in [6, 6.07) is 3.41. The Morgan fingerprint density at radius 1 is 1.10 bits per heavy atom. The van der Waals surface area contributed by atoms with Crippen molar-refractivity contribution in [3.8, 4) is 0 Å². The summed E-state index contributed by atoms with van der Waals surface area (Å²) in [6.45, 7) is 7.15. The first kappa shape index (κ1) is 17.2. The van der Waals surface area contributed by atoms with Crippen LogP contribution < -0.4 is 5.32 Å². The van der Waals surface area contributed by atoms with Crippen LogP contribution in [0, 0.1) is 13.8 Å². The molecule has 5 heteroatoms. The van der Waals surface area contributed by atoms with Gasteiger partial charge < -0.3 is 15.5 Å². The van der Waals surface area contributed by atoms with Crippen molar-refractivity contribution in [3.63, 3.8) is 0 Å². The van der Waals surface area contributed by atoms with E-state index in [-0.39, 0.29) is 17.7 Å². The third-order valence-electron chi connectivity index (χ3n) is 3.96. The van der Waals surface area contributed by atoms with Gasteiger partial charge in [-0.25, -0.2) is 4.79 Å². The van der Waals surface area contributed by atoms with E-state index >= 15 is 0 Å². The van der Waals surface area contributed by atoms with Crippen molar-refractivity contribution < 1.29 is 19.8 Å². The number of rotatable bonds is 6. The average Bonchev–Trinajstić information content (AvgIpc) is 2.46. The number of carboxylic acid groups (broad SMARTS) is 1. The minimum Gasteiger partial charge on any atom is -0.478 e. The van der Waals surface area contributed by atoms with Crippen LogP contribution in [0.1, 0.15) is 58.5 Å². The molecule has 0 aliphatic rings. The molecule has 0 heterocycles. The predicted molar refractivity (Wildman–Crippen MR) is 80.7 cm³/mol. The van der Waals surface area contributed by atoms with Crippen molar-refractivity contribution in [2.24, 2.45) is 0 Å². The van der Waals surface area contributed by atoms with Gasteiger partial charge in [-0.15, -0.1) is 0 Å². The quantitative estimate of drug-likeness (QED) is 0.751. The minimum absolute atomic E-state index is 0.0176. The summed E-state index contributed by atoms with van der Waals surface area (Å²) in [7, 11) is 0. The maximum Gasteiger partial charge on any atom is 0.336 e. The van der Waals surface area contributed by atoms with Crippen LogP contribution >= 0.6 is 0 Å². The summed E-state index contributed by atoms with van der Waals surface area (Å²) in [6.07, 6.45) is 1.03. The molecule has 1 rings (SSSR count). The maximum absolute atomic E-state index is 12.3. The molecule has 0 spiro atoms. The van der Waals surface area contributed by atoms with Crippen molar-refractivity contribution >= 4 is 11.9 Å². The number of carboxylic acids is 1. The molecule has 116 valence electrons. The highest BCUT2D eigenvalue weighted by atomic mass is 16.4. The second kappa shape index (κ2) is 6.72. The molecule has 21 heavy (non-hydrogen) atoms. The van der Waals surface area contributed by atoms with Crippen molar-refractivity contribution in [3.05, 3.63) is 34.4 Å². The number of amides is 1. The predicted octanol–water partition coefficient (Wildman–Crippen LogP) is 2.28. The van der Waals surface area contributed by atoms with Gasteiger partial charge in [-0.3, -0.25) is 4.79 Å². The standard InChI is InChI=1S/C16H23NO4/c1-5-16(21,6-2)9-17-14(18)12-10(3)7-8-11(4)13(12)15(19)20/h7-8,21H,5-6,9H2,1-4H3,(H,17,18)(H,19,20). The van der Waals surface area contributed by atoms with E-state index in [9.17, 15) is 19.8 Å². The number of aromatic carboxylic acids is 1. The van der Waals surface area contributed by atoms with Gasteiger partial charge in [-0.05, 0) is 37.8 Å².